The first-order valence-corrected chi connectivity index (χ1v) is 13.2. The largest absolute Gasteiger partial charge is 0.354 e. The molecule has 0 unspecified atom stereocenters. The maximum absolute atomic E-state index is 13.7. The van der Waals surface area contributed by atoms with E-state index < -0.39 is 28.7 Å². The Bertz CT molecular complexity index is 1130. The quantitative estimate of drug-likeness (QED) is 0.511. The summed E-state index contributed by atoms with van der Waals surface area (Å²) in [6.07, 6.45) is 0.770. The van der Waals surface area contributed by atoms with Crippen molar-refractivity contribution < 1.29 is 18.0 Å². The van der Waals surface area contributed by atoms with Crippen molar-refractivity contribution >= 4 is 27.7 Å². The van der Waals surface area contributed by atoms with Gasteiger partial charge in [-0.05, 0) is 56.9 Å². The predicted molar refractivity (Wildman–Crippen MR) is 140 cm³/mol. The molecule has 0 aliphatic carbocycles. The van der Waals surface area contributed by atoms with E-state index in [1.807, 2.05) is 64.1 Å². The first-order valence-electron chi connectivity index (χ1n) is 11.8. The Kier molecular flexibility index (Phi) is 9.85. The summed E-state index contributed by atoms with van der Waals surface area (Å²) in [7, 11) is -1.11. The van der Waals surface area contributed by atoms with E-state index in [0.29, 0.717) is 12.2 Å². The first-order chi connectivity index (χ1) is 16.4. The number of rotatable bonds is 11. The second-order valence-electron chi connectivity index (χ2n) is 9.06. The smallest absolute Gasteiger partial charge is 0.304 e. The predicted octanol–water partition coefficient (Wildman–Crippen LogP) is 3.17. The van der Waals surface area contributed by atoms with E-state index in [1.165, 1.54) is 19.0 Å². The molecule has 0 bridgehead atoms. The number of hydrogen-bond acceptors (Lipinski definition) is 4. The number of carbonyl (C=O) groups is 2. The highest BCUT2D eigenvalue weighted by Crippen LogP contribution is 2.26. The van der Waals surface area contributed by atoms with Gasteiger partial charge in [-0.2, -0.15) is 12.7 Å². The topological polar surface area (TPSA) is 90.0 Å². The van der Waals surface area contributed by atoms with Gasteiger partial charge in [0.25, 0.3) is 0 Å². The average molecular weight is 503 g/mol. The van der Waals surface area contributed by atoms with Crippen molar-refractivity contribution in [2.45, 2.75) is 53.6 Å². The number of aryl methyl sites for hydroxylation is 3. The zero-order valence-electron chi connectivity index (χ0n) is 21.8. The number of nitrogens with zero attached hydrogens (tertiary/aromatic N) is 3. The molecule has 0 saturated carbocycles. The Morgan fingerprint density at radius 1 is 0.971 bits per heavy atom. The van der Waals surface area contributed by atoms with Crippen LogP contribution in [-0.4, -0.2) is 62.7 Å². The summed E-state index contributed by atoms with van der Waals surface area (Å²) < 4.78 is 28.8. The molecule has 0 radical (unpaired) electrons. The van der Waals surface area contributed by atoms with Crippen LogP contribution in [0.3, 0.4) is 0 Å². The van der Waals surface area contributed by atoms with Gasteiger partial charge in [-0.1, -0.05) is 48.9 Å². The minimum atomic E-state index is -3.98. The third-order valence-electron chi connectivity index (χ3n) is 5.84. The van der Waals surface area contributed by atoms with E-state index in [1.54, 1.807) is 13.0 Å². The molecular weight excluding hydrogens is 464 g/mol. The van der Waals surface area contributed by atoms with Gasteiger partial charge >= 0.3 is 10.2 Å². The van der Waals surface area contributed by atoms with Gasteiger partial charge in [0, 0.05) is 27.2 Å². The van der Waals surface area contributed by atoms with Gasteiger partial charge in [0.05, 0.1) is 5.69 Å². The number of carbonyl (C=O) groups excluding carboxylic acids is 2. The molecule has 2 amide bonds. The molecule has 35 heavy (non-hydrogen) atoms. The van der Waals surface area contributed by atoms with Crippen LogP contribution < -0.4 is 9.62 Å². The number of nitrogens with one attached hydrogen (secondary N) is 1. The lowest BCUT2D eigenvalue weighted by Gasteiger charge is -2.33. The highest BCUT2D eigenvalue weighted by molar-refractivity contribution is 7.90. The van der Waals surface area contributed by atoms with Crippen molar-refractivity contribution in [3.8, 4) is 0 Å². The number of hydrogen-bond donors (Lipinski definition) is 1. The molecule has 2 rings (SSSR count). The fourth-order valence-electron chi connectivity index (χ4n) is 3.56. The van der Waals surface area contributed by atoms with Crippen molar-refractivity contribution in [3.63, 3.8) is 0 Å². The highest BCUT2D eigenvalue weighted by Gasteiger charge is 2.33. The van der Waals surface area contributed by atoms with Crippen molar-refractivity contribution in [1.29, 1.82) is 0 Å². The molecular formula is C26H38N4O4S. The molecule has 0 fully saturated rings. The average Bonchev–Trinajstić information content (AvgIpc) is 2.81. The zero-order chi connectivity index (χ0) is 26.3. The van der Waals surface area contributed by atoms with Crippen molar-refractivity contribution in [3.05, 3.63) is 64.7 Å². The van der Waals surface area contributed by atoms with Gasteiger partial charge in [0.1, 0.15) is 12.6 Å². The molecule has 0 spiro atoms. The maximum atomic E-state index is 13.7. The van der Waals surface area contributed by atoms with Crippen LogP contribution in [-0.2, 0) is 26.3 Å². The normalized spacial score (nSPS) is 12.3. The standard InChI is InChI=1S/C26H38N4O4S/c1-8-15-27-26(32)22(5)29(17-23-13-10-19(2)11-14-23)25(31)18-30(35(33,34)28(6)7)24-16-20(3)9-12-21(24)4/h9-14,16,22H,8,15,17-18H2,1-7H3,(H,27,32)/t22-/m1/s1. The molecule has 0 saturated heterocycles. The third-order valence-corrected chi connectivity index (χ3v) is 7.65. The Balaban J connectivity index is 2.48. The van der Waals surface area contributed by atoms with Gasteiger partial charge < -0.3 is 10.2 Å². The van der Waals surface area contributed by atoms with Gasteiger partial charge in [0.2, 0.25) is 11.8 Å². The van der Waals surface area contributed by atoms with Crippen LogP contribution in [0, 0.1) is 20.8 Å². The fraction of sp³-hybridized carbons (Fsp3) is 0.462. The number of amides is 2. The summed E-state index contributed by atoms with van der Waals surface area (Å²) in [4.78, 5) is 28.0. The number of benzene rings is 2. The van der Waals surface area contributed by atoms with E-state index in [0.717, 1.165) is 37.3 Å². The summed E-state index contributed by atoms with van der Waals surface area (Å²) in [5.41, 5.74) is 3.98. The van der Waals surface area contributed by atoms with Crippen LogP contribution in [0.2, 0.25) is 0 Å². The maximum Gasteiger partial charge on any atom is 0.304 e. The van der Waals surface area contributed by atoms with E-state index in [9.17, 15) is 18.0 Å². The first kappa shape index (κ1) is 28.3. The molecule has 1 N–H and O–H groups in total. The Hall–Kier alpha value is -2.91. The molecule has 8 nitrogen and oxygen atoms in total. The fourth-order valence-corrected chi connectivity index (χ4v) is 4.67. The Morgan fingerprint density at radius 2 is 1.57 bits per heavy atom. The van der Waals surface area contributed by atoms with E-state index in [-0.39, 0.29) is 12.5 Å². The zero-order valence-corrected chi connectivity index (χ0v) is 22.6. The van der Waals surface area contributed by atoms with Gasteiger partial charge in [0.15, 0.2) is 0 Å². The van der Waals surface area contributed by atoms with Crippen molar-refractivity contribution in [2.75, 3.05) is 31.5 Å². The Labute approximate surface area is 210 Å². The van der Waals surface area contributed by atoms with Crippen LogP contribution in [0.4, 0.5) is 5.69 Å². The van der Waals surface area contributed by atoms with Crippen molar-refractivity contribution in [2.24, 2.45) is 0 Å². The Morgan fingerprint density at radius 3 is 2.14 bits per heavy atom. The number of anilines is 1. The lowest BCUT2D eigenvalue weighted by molar-refractivity contribution is -0.139. The van der Waals surface area contributed by atoms with Gasteiger partial charge in [-0.15, -0.1) is 0 Å². The molecule has 192 valence electrons. The van der Waals surface area contributed by atoms with Crippen LogP contribution >= 0.6 is 0 Å². The highest BCUT2D eigenvalue weighted by atomic mass is 32.2. The molecule has 0 heterocycles. The van der Waals surface area contributed by atoms with Crippen LogP contribution in [0.5, 0.6) is 0 Å². The summed E-state index contributed by atoms with van der Waals surface area (Å²) in [6.45, 7) is 9.52. The molecule has 0 aliphatic rings. The summed E-state index contributed by atoms with van der Waals surface area (Å²) in [5, 5.41) is 2.84. The minimum absolute atomic E-state index is 0.183. The van der Waals surface area contributed by atoms with E-state index >= 15 is 0 Å². The van der Waals surface area contributed by atoms with E-state index in [4.69, 9.17) is 0 Å². The molecule has 0 aliphatic heterocycles. The van der Waals surface area contributed by atoms with Gasteiger partial charge in [-0.3, -0.25) is 9.59 Å². The van der Waals surface area contributed by atoms with Crippen molar-refractivity contribution in [1.82, 2.24) is 14.5 Å². The summed E-state index contributed by atoms with van der Waals surface area (Å²) in [6, 6.07) is 12.4. The summed E-state index contributed by atoms with van der Waals surface area (Å²) in [5.74, 6) is -0.739. The lowest BCUT2D eigenvalue weighted by atomic mass is 10.1. The molecule has 1 atom stereocenters. The minimum Gasteiger partial charge on any atom is -0.354 e. The molecule has 0 aromatic heterocycles. The molecule has 9 heteroatoms. The second-order valence-corrected chi connectivity index (χ2v) is 11.1. The monoisotopic (exact) mass is 502 g/mol. The van der Waals surface area contributed by atoms with Gasteiger partial charge in [-0.25, -0.2) is 4.31 Å². The SMILES string of the molecule is CCCNC(=O)[C@@H](C)N(Cc1ccc(C)cc1)C(=O)CN(c1cc(C)ccc1C)S(=O)(=O)N(C)C. The molecule has 2 aromatic rings. The third kappa shape index (κ3) is 7.29. The second kappa shape index (κ2) is 12.2. The lowest BCUT2D eigenvalue weighted by Crippen LogP contribution is -2.52. The van der Waals surface area contributed by atoms with E-state index in [2.05, 4.69) is 5.32 Å². The summed E-state index contributed by atoms with van der Waals surface area (Å²) >= 11 is 0. The van der Waals surface area contributed by atoms with Crippen LogP contribution in [0.1, 0.15) is 42.5 Å². The van der Waals surface area contributed by atoms with Crippen LogP contribution in [0.15, 0.2) is 42.5 Å². The molecule has 2 aromatic carbocycles. The van der Waals surface area contributed by atoms with Crippen LogP contribution in [0.25, 0.3) is 0 Å².